The van der Waals surface area contributed by atoms with Gasteiger partial charge in [-0.3, -0.25) is 4.72 Å². The zero-order chi connectivity index (χ0) is 25.4. The first kappa shape index (κ1) is 23.8. The van der Waals surface area contributed by atoms with Gasteiger partial charge in [-0.15, -0.1) is 0 Å². The number of sulfonamides is 1. The lowest BCUT2D eigenvalue weighted by Gasteiger charge is -2.13. The lowest BCUT2D eigenvalue weighted by molar-refractivity contribution is 0.398. The number of thiazole rings is 1. The Morgan fingerprint density at radius 2 is 1.83 bits per heavy atom. The molecule has 7 nitrogen and oxygen atoms in total. The molecule has 5 rings (SSSR count). The van der Waals surface area contributed by atoms with Crippen LogP contribution in [-0.2, 0) is 10.0 Å². The second-order valence-electron chi connectivity index (χ2n) is 7.81. The van der Waals surface area contributed by atoms with E-state index in [0.717, 1.165) is 23.3 Å². The molecule has 3 heterocycles. The second-order valence-corrected chi connectivity index (χ2v) is 10.4. The quantitative estimate of drug-likeness (QED) is 0.301. The van der Waals surface area contributed by atoms with E-state index < -0.39 is 26.6 Å². The van der Waals surface area contributed by atoms with Gasteiger partial charge >= 0.3 is 0 Å². The molecular weight excluding hydrogens is 506 g/mol. The SMILES string of the molecule is COc1cc(-c2cnc3sc(-c4cccc(NS(=O)(=O)c5cc(F)ccc5F)c4C)nc3c2)ccn1. The molecule has 2 aromatic carbocycles. The summed E-state index contributed by atoms with van der Waals surface area (Å²) in [4.78, 5) is 13.3. The summed E-state index contributed by atoms with van der Waals surface area (Å²) in [5.74, 6) is -1.41. The molecule has 0 aliphatic carbocycles. The van der Waals surface area contributed by atoms with E-state index in [9.17, 15) is 17.2 Å². The second kappa shape index (κ2) is 9.25. The minimum atomic E-state index is -4.36. The van der Waals surface area contributed by atoms with Crippen LogP contribution in [0.4, 0.5) is 14.5 Å². The molecule has 0 amide bonds. The van der Waals surface area contributed by atoms with Gasteiger partial charge in [-0.25, -0.2) is 32.2 Å². The minimum absolute atomic E-state index is 0.230. The van der Waals surface area contributed by atoms with Crippen LogP contribution in [0.1, 0.15) is 5.56 Å². The fraction of sp³-hybridized carbons (Fsp3) is 0.0800. The zero-order valence-electron chi connectivity index (χ0n) is 19.0. The van der Waals surface area contributed by atoms with Crippen LogP contribution in [0.3, 0.4) is 0 Å². The monoisotopic (exact) mass is 524 g/mol. The van der Waals surface area contributed by atoms with Gasteiger partial charge in [0.2, 0.25) is 5.88 Å². The largest absolute Gasteiger partial charge is 0.481 e. The standard InChI is InChI=1S/C25H18F2N4O3S2/c1-14-18(4-3-5-20(14)31-36(32,33)22-12-17(26)6-7-19(22)27)24-30-21-10-16(13-29-25(21)35-24)15-8-9-28-23(11-15)34-2/h3-13,31H,1-2H3. The molecule has 0 saturated carbocycles. The molecule has 11 heteroatoms. The van der Waals surface area contributed by atoms with E-state index in [1.165, 1.54) is 11.3 Å². The molecule has 36 heavy (non-hydrogen) atoms. The maximum absolute atomic E-state index is 14.1. The molecule has 0 saturated heterocycles. The predicted octanol–water partition coefficient (Wildman–Crippen LogP) is 5.82. The van der Waals surface area contributed by atoms with Gasteiger partial charge in [-0.1, -0.05) is 23.5 Å². The van der Waals surface area contributed by atoms with Crippen LogP contribution < -0.4 is 9.46 Å². The van der Waals surface area contributed by atoms with Crippen molar-refractivity contribution in [2.45, 2.75) is 11.8 Å². The first-order valence-corrected chi connectivity index (χ1v) is 12.9. The zero-order valence-corrected chi connectivity index (χ0v) is 20.6. The first-order chi connectivity index (χ1) is 17.2. The highest BCUT2D eigenvalue weighted by Gasteiger charge is 2.22. The number of halogens is 2. The van der Waals surface area contributed by atoms with Crippen LogP contribution in [0, 0.1) is 18.6 Å². The number of nitrogens with zero attached hydrogens (tertiary/aromatic N) is 3. The normalized spacial score (nSPS) is 11.6. The highest BCUT2D eigenvalue weighted by atomic mass is 32.2. The summed E-state index contributed by atoms with van der Waals surface area (Å²) in [6, 6.07) is 12.9. The number of fused-ring (bicyclic) bond motifs is 1. The van der Waals surface area contributed by atoms with Crippen molar-refractivity contribution in [3.05, 3.63) is 84.2 Å². The third-order valence-corrected chi connectivity index (χ3v) is 7.91. The van der Waals surface area contributed by atoms with Gasteiger partial charge < -0.3 is 4.74 Å². The van der Waals surface area contributed by atoms with Gasteiger partial charge in [-0.05, 0) is 54.4 Å². The lowest BCUT2D eigenvalue weighted by atomic mass is 10.1. The summed E-state index contributed by atoms with van der Waals surface area (Å²) in [5.41, 5.74) is 3.89. The van der Waals surface area contributed by atoms with Gasteiger partial charge in [0.15, 0.2) is 0 Å². The average Bonchev–Trinajstić information content (AvgIpc) is 3.30. The van der Waals surface area contributed by atoms with E-state index in [4.69, 9.17) is 9.72 Å². The van der Waals surface area contributed by atoms with E-state index in [2.05, 4.69) is 14.7 Å². The van der Waals surface area contributed by atoms with Gasteiger partial charge in [0.1, 0.15) is 31.9 Å². The summed E-state index contributed by atoms with van der Waals surface area (Å²) < 4.78 is 60.8. The molecule has 0 aliphatic rings. The number of nitrogens with one attached hydrogen (secondary N) is 1. The number of hydrogen-bond donors (Lipinski definition) is 1. The number of methoxy groups -OCH3 is 1. The predicted molar refractivity (Wildman–Crippen MR) is 135 cm³/mol. The van der Waals surface area contributed by atoms with Crippen molar-refractivity contribution >= 4 is 37.4 Å². The summed E-state index contributed by atoms with van der Waals surface area (Å²) in [5, 5.41) is 0.637. The van der Waals surface area contributed by atoms with E-state index in [-0.39, 0.29) is 5.69 Å². The maximum Gasteiger partial charge on any atom is 0.264 e. The molecule has 0 aliphatic heterocycles. The minimum Gasteiger partial charge on any atom is -0.481 e. The number of aromatic nitrogens is 3. The van der Waals surface area contributed by atoms with Crippen molar-refractivity contribution in [3.8, 4) is 27.6 Å². The van der Waals surface area contributed by atoms with Crippen molar-refractivity contribution in [3.63, 3.8) is 0 Å². The number of pyridine rings is 2. The summed E-state index contributed by atoms with van der Waals surface area (Å²) in [6.45, 7) is 1.73. The molecule has 0 bridgehead atoms. The number of hydrogen-bond acceptors (Lipinski definition) is 7. The van der Waals surface area contributed by atoms with Crippen molar-refractivity contribution in [1.82, 2.24) is 15.0 Å². The Morgan fingerprint density at radius 1 is 1.00 bits per heavy atom. The molecule has 0 radical (unpaired) electrons. The molecule has 1 N–H and O–H groups in total. The molecule has 5 aromatic rings. The molecule has 0 spiro atoms. The van der Waals surface area contributed by atoms with E-state index in [0.29, 0.717) is 38.4 Å². The topological polar surface area (TPSA) is 94.1 Å². The Balaban J connectivity index is 1.50. The van der Waals surface area contributed by atoms with Gasteiger partial charge in [0, 0.05) is 29.6 Å². The summed E-state index contributed by atoms with van der Waals surface area (Å²) in [6.07, 6.45) is 3.39. The smallest absolute Gasteiger partial charge is 0.264 e. The molecular formula is C25H18F2N4O3S2. The van der Waals surface area contributed by atoms with Crippen molar-refractivity contribution < 1.29 is 21.9 Å². The number of rotatable bonds is 6. The van der Waals surface area contributed by atoms with E-state index in [1.54, 1.807) is 44.6 Å². The first-order valence-electron chi connectivity index (χ1n) is 10.6. The molecule has 0 unspecified atom stereocenters. The van der Waals surface area contributed by atoms with Crippen molar-refractivity contribution in [1.29, 1.82) is 0 Å². The fourth-order valence-corrected chi connectivity index (χ4v) is 5.84. The molecule has 0 fully saturated rings. The van der Waals surface area contributed by atoms with Gasteiger partial charge in [-0.2, -0.15) is 0 Å². The van der Waals surface area contributed by atoms with E-state index >= 15 is 0 Å². The number of anilines is 1. The van der Waals surface area contributed by atoms with Crippen molar-refractivity contribution in [2.75, 3.05) is 11.8 Å². The maximum atomic E-state index is 14.1. The number of ether oxygens (including phenoxy) is 1. The average molecular weight is 525 g/mol. The van der Waals surface area contributed by atoms with Crippen LogP contribution >= 0.6 is 11.3 Å². The molecule has 182 valence electrons. The Bertz CT molecular complexity index is 1720. The van der Waals surface area contributed by atoms with Crippen LogP contribution in [0.25, 0.3) is 32.0 Å². The fourth-order valence-electron chi connectivity index (χ4n) is 3.66. The van der Waals surface area contributed by atoms with Crippen LogP contribution in [0.15, 0.2) is 71.9 Å². The van der Waals surface area contributed by atoms with Crippen LogP contribution in [-0.4, -0.2) is 30.5 Å². The van der Waals surface area contributed by atoms with Crippen LogP contribution in [0.5, 0.6) is 5.88 Å². The van der Waals surface area contributed by atoms with Crippen molar-refractivity contribution in [2.24, 2.45) is 0 Å². The number of benzene rings is 2. The summed E-state index contributed by atoms with van der Waals surface area (Å²) in [7, 11) is -2.82. The Labute approximate surface area is 209 Å². The van der Waals surface area contributed by atoms with Gasteiger partial charge in [0.05, 0.1) is 12.8 Å². The Hall–Kier alpha value is -3.96. The Kier molecular flexibility index (Phi) is 6.10. The summed E-state index contributed by atoms with van der Waals surface area (Å²) >= 11 is 1.36. The highest BCUT2D eigenvalue weighted by Crippen LogP contribution is 2.36. The third kappa shape index (κ3) is 4.50. The van der Waals surface area contributed by atoms with Crippen LogP contribution in [0.2, 0.25) is 0 Å². The third-order valence-electron chi connectivity index (χ3n) is 5.52. The molecule has 3 aromatic heterocycles. The Morgan fingerprint density at radius 3 is 2.64 bits per heavy atom. The highest BCUT2D eigenvalue weighted by molar-refractivity contribution is 7.92. The van der Waals surface area contributed by atoms with E-state index in [1.807, 2.05) is 18.2 Å². The lowest BCUT2D eigenvalue weighted by Crippen LogP contribution is -2.15. The molecule has 0 atom stereocenters. The van der Waals surface area contributed by atoms with Gasteiger partial charge in [0.25, 0.3) is 10.0 Å².